The molecule has 0 aliphatic heterocycles. The van der Waals surface area contributed by atoms with E-state index < -0.39 is 5.41 Å². The molecule has 1 heterocycles. The average molecular weight is 716 g/mol. The molecule has 11 rings (SSSR count). The standard InChI is InChI=1S/C53H33NS/c1-3-15-36(16-4-1)37-29-31-40(32-30-37)54(50-27-14-24-46-44(50)33-34-47-45-23-9-12-28-51(45)55-52(46)47)41-20-13-19-39(35-41)53(38-17-5-2-6-18-38)48-25-10-7-21-42(48)43-22-8-11-26-49(43)53/h2-3,5-35H. The molecule has 0 N–H and O–H groups in total. The minimum Gasteiger partial charge on any atom is -0.310 e. The molecule has 9 aromatic rings. The summed E-state index contributed by atoms with van der Waals surface area (Å²) in [6.07, 6.45) is 6.01. The summed E-state index contributed by atoms with van der Waals surface area (Å²) in [4.78, 5) is 2.45. The Kier molecular flexibility index (Phi) is 7.24. The van der Waals surface area contributed by atoms with Crippen molar-refractivity contribution in [1.29, 1.82) is 0 Å². The van der Waals surface area contributed by atoms with Crippen LogP contribution in [0.3, 0.4) is 0 Å². The van der Waals surface area contributed by atoms with E-state index >= 15 is 0 Å². The van der Waals surface area contributed by atoms with Crippen molar-refractivity contribution in [2.45, 2.75) is 5.41 Å². The Morgan fingerprint density at radius 3 is 1.91 bits per heavy atom. The molecule has 0 amide bonds. The van der Waals surface area contributed by atoms with Gasteiger partial charge in [-0.3, -0.25) is 0 Å². The second-order valence-corrected chi connectivity index (χ2v) is 15.3. The molecule has 0 atom stereocenters. The zero-order valence-corrected chi connectivity index (χ0v) is 30.7. The van der Waals surface area contributed by atoms with E-state index in [0.29, 0.717) is 0 Å². The molecule has 0 saturated heterocycles. The van der Waals surface area contributed by atoms with Crippen LogP contribution in [0.5, 0.6) is 0 Å². The number of hydrogen-bond acceptors (Lipinski definition) is 2. The number of rotatable bonds is 6. The number of benzene rings is 8. The molecule has 55 heavy (non-hydrogen) atoms. The van der Waals surface area contributed by atoms with Crippen molar-refractivity contribution in [2.75, 3.05) is 4.90 Å². The monoisotopic (exact) mass is 715 g/mol. The van der Waals surface area contributed by atoms with E-state index in [2.05, 4.69) is 204 Å². The summed E-state index contributed by atoms with van der Waals surface area (Å²) >= 11 is 1.88. The van der Waals surface area contributed by atoms with Crippen LogP contribution in [0.2, 0.25) is 0 Å². The Labute approximate surface area is 324 Å². The first-order valence-corrected chi connectivity index (χ1v) is 19.6. The Hall–Kier alpha value is -6.92. The third kappa shape index (κ3) is 4.81. The molecule has 2 heteroatoms. The average Bonchev–Trinajstić information content (AvgIpc) is 3.79. The van der Waals surface area contributed by atoms with Crippen LogP contribution in [0.15, 0.2) is 212 Å². The predicted molar refractivity (Wildman–Crippen MR) is 233 cm³/mol. The highest BCUT2D eigenvalue weighted by molar-refractivity contribution is 7.26. The van der Waals surface area contributed by atoms with Gasteiger partial charge in [-0.25, -0.2) is 0 Å². The summed E-state index contributed by atoms with van der Waals surface area (Å²) < 4.78 is 2.64. The summed E-state index contributed by atoms with van der Waals surface area (Å²) in [5.74, 6) is 0. The zero-order chi connectivity index (χ0) is 36.3. The summed E-state index contributed by atoms with van der Waals surface area (Å²) in [7, 11) is 0. The highest BCUT2D eigenvalue weighted by Crippen LogP contribution is 2.56. The maximum atomic E-state index is 3.12. The van der Waals surface area contributed by atoms with Gasteiger partial charge < -0.3 is 4.90 Å². The van der Waals surface area contributed by atoms with Crippen LogP contribution in [0, 0.1) is 0 Å². The molecule has 0 fully saturated rings. The molecule has 1 aromatic heterocycles. The number of fused-ring (bicyclic) bond motifs is 8. The lowest BCUT2D eigenvalue weighted by molar-refractivity contribution is 0.768. The van der Waals surface area contributed by atoms with Crippen molar-refractivity contribution in [2.24, 2.45) is 0 Å². The van der Waals surface area contributed by atoms with Gasteiger partial charge in [-0.1, -0.05) is 157 Å². The molecule has 0 radical (unpaired) electrons. The Morgan fingerprint density at radius 2 is 1.13 bits per heavy atom. The fraction of sp³-hybridized carbons (Fsp3) is 0.0189. The van der Waals surface area contributed by atoms with Crippen LogP contribution in [-0.2, 0) is 5.41 Å². The van der Waals surface area contributed by atoms with Crippen LogP contribution in [0.4, 0.5) is 17.1 Å². The van der Waals surface area contributed by atoms with Gasteiger partial charge in [0.1, 0.15) is 0 Å². The third-order valence-corrected chi connectivity index (χ3v) is 12.7. The topological polar surface area (TPSA) is 3.24 Å². The molecule has 0 spiro atoms. The number of hydrogen-bond donors (Lipinski definition) is 0. The lowest BCUT2D eigenvalue weighted by atomic mass is 9.67. The minimum atomic E-state index is -0.497. The first kappa shape index (κ1) is 31.6. The lowest BCUT2D eigenvalue weighted by Gasteiger charge is -2.35. The van der Waals surface area contributed by atoms with E-state index in [1.807, 2.05) is 23.5 Å². The Bertz CT molecular complexity index is 3070. The van der Waals surface area contributed by atoms with Gasteiger partial charge in [0.25, 0.3) is 0 Å². The van der Waals surface area contributed by atoms with E-state index in [-0.39, 0.29) is 0 Å². The van der Waals surface area contributed by atoms with E-state index in [1.54, 1.807) is 0 Å². The molecule has 1 nitrogen and oxygen atoms in total. The van der Waals surface area contributed by atoms with E-state index in [0.717, 1.165) is 28.2 Å². The second-order valence-electron chi connectivity index (χ2n) is 14.3. The Balaban J connectivity index is 1.17. The molecular formula is C53H33NS. The van der Waals surface area contributed by atoms with Gasteiger partial charge in [0.05, 0.1) is 11.1 Å². The molecule has 2 aliphatic rings. The van der Waals surface area contributed by atoms with Gasteiger partial charge in [0.15, 0.2) is 0 Å². The quantitative estimate of drug-likeness (QED) is 0.155. The zero-order valence-electron chi connectivity index (χ0n) is 29.9. The van der Waals surface area contributed by atoms with Crippen molar-refractivity contribution in [3.8, 4) is 11.1 Å². The van der Waals surface area contributed by atoms with Crippen LogP contribution in [0.25, 0.3) is 47.6 Å². The van der Waals surface area contributed by atoms with Crippen molar-refractivity contribution < 1.29 is 0 Å². The molecular weight excluding hydrogens is 683 g/mol. The molecule has 0 unspecified atom stereocenters. The highest BCUT2D eigenvalue weighted by Gasteiger charge is 2.46. The van der Waals surface area contributed by atoms with Crippen molar-refractivity contribution in [3.63, 3.8) is 0 Å². The van der Waals surface area contributed by atoms with Crippen LogP contribution >= 0.6 is 11.3 Å². The molecule has 8 aromatic carbocycles. The summed E-state index contributed by atoms with van der Waals surface area (Å²) in [5, 5.41) is 5.11. The number of allylic oxidation sites excluding steroid dienone is 4. The van der Waals surface area contributed by atoms with Crippen LogP contribution in [-0.4, -0.2) is 0 Å². The van der Waals surface area contributed by atoms with Crippen LogP contribution in [0.1, 0.15) is 27.8 Å². The molecule has 2 aliphatic carbocycles. The smallest absolute Gasteiger partial charge is 0.0714 e. The summed E-state index contributed by atoms with van der Waals surface area (Å²) in [6, 6.07) is 67.4. The fourth-order valence-corrected chi connectivity index (χ4v) is 10.3. The van der Waals surface area contributed by atoms with Gasteiger partial charge in [-0.2, -0.15) is 0 Å². The number of anilines is 3. The van der Waals surface area contributed by atoms with Gasteiger partial charge in [0, 0.05) is 42.3 Å². The molecule has 0 saturated carbocycles. The number of thiophene rings is 1. The third-order valence-electron chi connectivity index (χ3n) is 11.4. The lowest BCUT2D eigenvalue weighted by Crippen LogP contribution is -2.28. The largest absolute Gasteiger partial charge is 0.310 e. The van der Waals surface area contributed by atoms with Crippen molar-refractivity contribution in [1.82, 2.24) is 0 Å². The first-order valence-electron chi connectivity index (χ1n) is 18.8. The highest BCUT2D eigenvalue weighted by atomic mass is 32.1. The van der Waals surface area contributed by atoms with Crippen molar-refractivity contribution in [3.05, 3.63) is 239 Å². The van der Waals surface area contributed by atoms with E-state index in [1.165, 1.54) is 64.3 Å². The second kappa shape index (κ2) is 12.6. The van der Waals surface area contributed by atoms with Gasteiger partial charge in [-0.15, -0.1) is 11.3 Å². The Morgan fingerprint density at radius 1 is 0.473 bits per heavy atom. The number of nitrogens with zero attached hydrogens (tertiary/aromatic N) is 1. The molecule has 256 valence electrons. The fourth-order valence-electron chi connectivity index (χ4n) is 9.07. The van der Waals surface area contributed by atoms with E-state index in [9.17, 15) is 0 Å². The maximum absolute atomic E-state index is 3.12. The van der Waals surface area contributed by atoms with Crippen LogP contribution < -0.4 is 4.90 Å². The van der Waals surface area contributed by atoms with Gasteiger partial charge >= 0.3 is 0 Å². The SMILES string of the molecule is C1=C=CC(c2ccc(N(c3cccc(C4(c5ccccc5)c5ccccc5-c5ccccc54)c3)c3cccc4c3ccc3c5ccccc5sc43)cc2)=CC=1. The van der Waals surface area contributed by atoms with Gasteiger partial charge in [-0.05, 0) is 99.1 Å². The minimum absolute atomic E-state index is 0.497. The van der Waals surface area contributed by atoms with E-state index in [4.69, 9.17) is 0 Å². The first-order chi connectivity index (χ1) is 27.3. The summed E-state index contributed by atoms with van der Waals surface area (Å²) in [6.45, 7) is 0. The normalized spacial score (nSPS) is 13.6. The predicted octanol–water partition coefficient (Wildman–Crippen LogP) is 14.3. The maximum Gasteiger partial charge on any atom is 0.0714 e. The summed E-state index contributed by atoms with van der Waals surface area (Å²) in [5.41, 5.74) is 19.0. The van der Waals surface area contributed by atoms with Crippen molar-refractivity contribution >= 4 is 64.9 Å². The molecule has 0 bridgehead atoms. The van der Waals surface area contributed by atoms with Gasteiger partial charge in [0.2, 0.25) is 0 Å².